The molecular weight excluding hydrogens is 937 g/mol. The van der Waals surface area contributed by atoms with Gasteiger partial charge in [-0.3, -0.25) is 38.4 Å². The number of hydrogen-bond acceptors (Lipinski definition) is 15. The summed E-state index contributed by atoms with van der Waals surface area (Å²) in [6.07, 6.45) is 20.5. The molecule has 0 aliphatic rings. The number of imidazole rings is 1. The Morgan fingerprint density at radius 3 is 1.82 bits per heavy atom. The van der Waals surface area contributed by atoms with Crippen LogP contribution in [0.5, 0.6) is 0 Å². The second-order valence-electron chi connectivity index (χ2n) is 17.7. The van der Waals surface area contributed by atoms with Gasteiger partial charge < -0.3 is 56.8 Å². The number of likely N-dealkylation sites (N-methyl/N-ethyl adjacent to an activating group) is 1. The number of aromatic amines is 1. The van der Waals surface area contributed by atoms with Gasteiger partial charge in [-0.05, 0) is 39.5 Å². The molecule has 5 amide bonds. The Labute approximate surface area is 429 Å². The van der Waals surface area contributed by atoms with Crippen LogP contribution in [-0.2, 0) is 63.8 Å². The predicted octanol–water partition coefficient (Wildman–Crippen LogP) is 3.76. The van der Waals surface area contributed by atoms with Crippen LogP contribution in [-0.4, -0.2) is 145 Å². The number of unbranched alkanes of at least 4 members (excludes halogenated alkanes) is 13. The van der Waals surface area contributed by atoms with Crippen LogP contribution in [0.1, 0.15) is 164 Å². The lowest BCUT2D eigenvalue weighted by Crippen LogP contribution is -2.41. The van der Waals surface area contributed by atoms with Gasteiger partial charge in [0.2, 0.25) is 29.5 Å². The number of carbonyl (C=O) groups is 8. The molecule has 0 saturated heterocycles. The minimum Gasteiger partial charge on any atom is -0.480 e. The number of aliphatic hydroxyl groups excluding tert-OH is 1. The normalized spacial score (nSPS) is 12.6. The van der Waals surface area contributed by atoms with Crippen molar-refractivity contribution in [3.63, 3.8) is 0 Å². The van der Waals surface area contributed by atoms with Crippen LogP contribution in [0.4, 0.5) is 0 Å². The maximum atomic E-state index is 12.8. The van der Waals surface area contributed by atoms with Crippen molar-refractivity contribution in [2.45, 2.75) is 174 Å². The molecule has 72 heavy (non-hydrogen) atoms. The average Bonchev–Trinajstić information content (AvgIpc) is 3.87. The van der Waals surface area contributed by atoms with Crippen LogP contribution in [0.15, 0.2) is 12.5 Å². The summed E-state index contributed by atoms with van der Waals surface area (Å²) in [6, 6.07) is -1.93. The van der Waals surface area contributed by atoms with Crippen LogP contribution in [0.2, 0.25) is 0 Å². The molecule has 4 atom stereocenters. The first kappa shape index (κ1) is 67.1. The van der Waals surface area contributed by atoms with Crippen LogP contribution in [0.25, 0.3) is 0 Å². The number of primary amides is 1. The minimum absolute atomic E-state index is 0. The number of ketones is 2. The number of carboxylic acid groups (broad SMARTS) is 1. The van der Waals surface area contributed by atoms with Gasteiger partial charge in [0, 0.05) is 72.5 Å². The molecule has 1 aromatic heterocycles. The van der Waals surface area contributed by atoms with Crippen molar-refractivity contribution in [1.82, 2.24) is 31.4 Å². The summed E-state index contributed by atoms with van der Waals surface area (Å²) in [5.41, 5.74) is 14.2. The van der Waals surface area contributed by atoms with E-state index in [4.69, 9.17) is 30.5 Å². The number of hydroxylamine groups is 1. The van der Waals surface area contributed by atoms with E-state index in [1.54, 1.807) is 13.1 Å². The SMILES string of the molecule is CCCCCCCCCCCCCCCC(=O)N[C@@H](CCC(=O)NOCCOCC(=O)NCC)C(=O)O.CCOCCOCC(=O)NCCCC[C@H](CC(=O)[C@@H](N)Cc1cnc[nH]1)C(=O)C[C@@H](CO)C(N)=O.[HH].[HH]. The molecule has 1 rings (SSSR count). The number of amides is 5. The molecule has 22 heteroatoms. The summed E-state index contributed by atoms with van der Waals surface area (Å²) < 4.78 is 15.4. The molecule has 11 N–H and O–H groups in total. The maximum Gasteiger partial charge on any atom is 0.326 e. The standard InChI is InChI=1S/C27H51N3O7.C23H39N5O7.2H2/c1-3-5-6-7-8-9-10-11-12-13-14-15-16-17-24(31)29-23(27(34)35)18-19-25(32)30-37-21-20-36-22-26(33)28-4-2;1-2-34-7-8-35-14-22(32)27-6-4-3-5-16(20(30)10-17(13-29)23(25)33)9-21(31)19(24)11-18-12-26-15-28-18;;/h23H,3-22H2,1-2H3,(H,28,33)(H,29,31)(H,30,32)(H,34,35);12,15-17,19,29H,2-11,13-14,24H2,1H3,(H2,25,33)(H,26,28)(H,27,32);2*1H/t23-;16-,17+,19+;;/m01../s1. The van der Waals surface area contributed by atoms with Crippen molar-refractivity contribution < 1.29 is 70.5 Å². The highest BCUT2D eigenvalue weighted by Crippen LogP contribution is 2.20. The quantitative estimate of drug-likeness (QED) is 0.0331. The zero-order valence-corrected chi connectivity index (χ0v) is 43.5. The van der Waals surface area contributed by atoms with E-state index in [2.05, 4.69) is 38.3 Å². The summed E-state index contributed by atoms with van der Waals surface area (Å²) in [6.45, 7) is 7.64. The number of carboxylic acids is 1. The van der Waals surface area contributed by atoms with Gasteiger partial charge >= 0.3 is 5.97 Å². The van der Waals surface area contributed by atoms with Gasteiger partial charge in [-0.2, -0.15) is 0 Å². The smallest absolute Gasteiger partial charge is 0.326 e. The number of hydrogen-bond donors (Lipinski definition) is 9. The summed E-state index contributed by atoms with van der Waals surface area (Å²) >= 11 is 0. The van der Waals surface area contributed by atoms with Gasteiger partial charge in [0.25, 0.3) is 0 Å². The van der Waals surface area contributed by atoms with E-state index >= 15 is 0 Å². The number of ether oxygens (including phenoxy) is 3. The predicted molar refractivity (Wildman–Crippen MR) is 274 cm³/mol. The number of Topliss-reactive ketones (excluding diaryl/α,β-unsaturated/α-hetero) is 2. The fourth-order valence-corrected chi connectivity index (χ4v) is 7.20. The molecule has 0 aliphatic heterocycles. The third-order valence-corrected chi connectivity index (χ3v) is 11.4. The number of nitrogens with one attached hydrogen (secondary N) is 5. The molecular formula is C50H94N8O14. The van der Waals surface area contributed by atoms with Gasteiger partial charge in [0.05, 0.1) is 51.3 Å². The van der Waals surface area contributed by atoms with Crippen molar-refractivity contribution in [3.8, 4) is 0 Å². The van der Waals surface area contributed by atoms with Crippen LogP contribution in [0, 0.1) is 11.8 Å². The van der Waals surface area contributed by atoms with Gasteiger partial charge in [0.1, 0.15) is 25.0 Å². The van der Waals surface area contributed by atoms with E-state index in [0.29, 0.717) is 57.9 Å². The molecule has 418 valence electrons. The van der Waals surface area contributed by atoms with E-state index in [1.165, 1.54) is 70.5 Å². The lowest BCUT2D eigenvalue weighted by atomic mass is 9.85. The highest BCUT2D eigenvalue weighted by Gasteiger charge is 2.28. The van der Waals surface area contributed by atoms with Crippen molar-refractivity contribution in [3.05, 3.63) is 18.2 Å². The van der Waals surface area contributed by atoms with Crippen LogP contribution in [0.3, 0.4) is 0 Å². The Morgan fingerprint density at radius 1 is 0.681 bits per heavy atom. The fourth-order valence-electron chi connectivity index (χ4n) is 7.20. The highest BCUT2D eigenvalue weighted by atomic mass is 16.7. The number of carbonyl (C=O) groups excluding carboxylic acids is 7. The topological polar surface area (TPSA) is 343 Å². The van der Waals surface area contributed by atoms with Crippen molar-refractivity contribution in [2.75, 3.05) is 65.9 Å². The molecule has 0 spiro atoms. The monoisotopic (exact) mass is 1030 g/mol. The molecule has 0 radical (unpaired) electrons. The third kappa shape index (κ3) is 38.8. The lowest BCUT2D eigenvalue weighted by Gasteiger charge is -2.19. The van der Waals surface area contributed by atoms with E-state index in [0.717, 1.165) is 19.3 Å². The number of aromatic nitrogens is 2. The minimum atomic E-state index is -1.17. The van der Waals surface area contributed by atoms with E-state index in [9.17, 15) is 48.6 Å². The number of nitrogens with zero attached hydrogens (tertiary/aromatic N) is 1. The number of aliphatic carboxylic acids is 1. The molecule has 22 nitrogen and oxygen atoms in total. The summed E-state index contributed by atoms with van der Waals surface area (Å²) in [5, 5.41) is 26.5. The largest absolute Gasteiger partial charge is 0.480 e. The lowest BCUT2D eigenvalue weighted by molar-refractivity contribution is -0.143. The van der Waals surface area contributed by atoms with Crippen LogP contribution >= 0.6 is 0 Å². The summed E-state index contributed by atoms with van der Waals surface area (Å²) in [7, 11) is 0. The number of H-pyrrole nitrogens is 1. The fraction of sp³-hybridized carbons (Fsp3) is 0.780. The maximum absolute atomic E-state index is 12.8. The van der Waals surface area contributed by atoms with Gasteiger partial charge in [-0.1, -0.05) is 90.4 Å². The Kier molecular flexibility index (Phi) is 42.8. The molecule has 0 aliphatic carbocycles. The first-order valence-corrected chi connectivity index (χ1v) is 26.1. The van der Waals surface area contributed by atoms with E-state index in [-0.39, 0.29) is 97.1 Å². The zero-order valence-electron chi connectivity index (χ0n) is 43.5. The molecule has 0 unspecified atom stereocenters. The van der Waals surface area contributed by atoms with E-state index < -0.39 is 48.3 Å². The average molecular weight is 1030 g/mol. The Hall–Kier alpha value is -4.87. The number of nitrogens with two attached hydrogens (primary N) is 2. The summed E-state index contributed by atoms with van der Waals surface area (Å²) in [5.74, 6) is -5.51. The number of rotatable bonds is 47. The van der Waals surface area contributed by atoms with Crippen molar-refractivity contribution in [1.29, 1.82) is 0 Å². The van der Waals surface area contributed by atoms with Gasteiger partial charge in [0.15, 0.2) is 5.78 Å². The number of aliphatic hydroxyl groups is 1. The highest BCUT2D eigenvalue weighted by molar-refractivity contribution is 5.92. The first-order valence-electron chi connectivity index (χ1n) is 26.1. The van der Waals surface area contributed by atoms with Crippen molar-refractivity contribution in [2.24, 2.45) is 23.3 Å². The molecule has 1 aromatic rings. The molecule has 0 fully saturated rings. The third-order valence-electron chi connectivity index (χ3n) is 11.4. The molecule has 0 saturated carbocycles. The van der Waals surface area contributed by atoms with Gasteiger partial charge in [-0.25, -0.2) is 15.3 Å². The molecule has 0 bridgehead atoms. The van der Waals surface area contributed by atoms with Crippen molar-refractivity contribution >= 4 is 47.1 Å². The Bertz CT molecular complexity index is 1630. The van der Waals surface area contributed by atoms with Gasteiger partial charge in [-0.15, -0.1) is 0 Å². The Morgan fingerprint density at radius 2 is 1.26 bits per heavy atom. The molecule has 1 heterocycles. The second-order valence-corrected chi connectivity index (χ2v) is 17.7. The summed E-state index contributed by atoms with van der Waals surface area (Å²) in [4.78, 5) is 107. The zero-order chi connectivity index (χ0) is 53.6. The van der Waals surface area contributed by atoms with Crippen LogP contribution < -0.4 is 32.9 Å². The molecule has 0 aromatic carbocycles. The van der Waals surface area contributed by atoms with E-state index in [1.807, 2.05) is 6.92 Å². The first-order chi connectivity index (χ1) is 34.7. The Balaban J connectivity index is -0.00000133. The second kappa shape index (κ2) is 46.0.